The van der Waals surface area contributed by atoms with Crippen LogP contribution in [-0.2, 0) is 6.61 Å². The van der Waals surface area contributed by atoms with E-state index < -0.39 is 5.82 Å². The number of ether oxygens (including phenoxy) is 1. The van der Waals surface area contributed by atoms with Crippen LogP contribution in [0.25, 0.3) is 0 Å². The average molecular weight is 377 g/mol. The SMILES string of the molecule is CC(C)NC(=N)c1ccc(OCc2ccccc2F)c(F)c1.Cl.Cl. The zero-order valence-corrected chi connectivity index (χ0v) is 14.9. The van der Waals surface area contributed by atoms with Crippen molar-refractivity contribution in [2.24, 2.45) is 0 Å². The number of benzene rings is 2. The van der Waals surface area contributed by atoms with E-state index in [9.17, 15) is 8.78 Å². The summed E-state index contributed by atoms with van der Waals surface area (Å²) in [5.41, 5.74) is 0.796. The minimum atomic E-state index is -0.579. The Morgan fingerprint density at radius 1 is 1.08 bits per heavy atom. The zero-order valence-electron chi connectivity index (χ0n) is 13.3. The molecule has 0 spiro atoms. The molecule has 132 valence electrons. The van der Waals surface area contributed by atoms with Gasteiger partial charge in [-0.2, -0.15) is 0 Å². The molecule has 0 heterocycles. The summed E-state index contributed by atoms with van der Waals surface area (Å²) in [5.74, 6) is -0.787. The number of halogens is 4. The highest BCUT2D eigenvalue weighted by Gasteiger charge is 2.10. The Morgan fingerprint density at radius 3 is 2.33 bits per heavy atom. The summed E-state index contributed by atoms with van der Waals surface area (Å²) in [4.78, 5) is 0. The maximum atomic E-state index is 14.0. The summed E-state index contributed by atoms with van der Waals surface area (Å²) < 4.78 is 32.8. The van der Waals surface area contributed by atoms with Crippen LogP contribution in [0.5, 0.6) is 5.75 Å². The van der Waals surface area contributed by atoms with E-state index in [-0.39, 0.29) is 54.9 Å². The maximum Gasteiger partial charge on any atom is 0.165 e. The molecule has 0 unspecified atom stereocenters. The molecule has 0 aliphatic carbocycles. The molecular formula is C17H20Cl2F2N2O. The van der Waals surface area contributed by atoms with Crippen LogP contribution in [0.15, 0.2) is 42.5 Å². The van der Waals surface area contributed by atoms with Crippen molar-refractivity contribution in [3.8, 4) is 5.75 Å². The first-order valence-electron chi connectivity index (χ1n) is 6.98. The van der Waals surface area contributed by atoms with Crippen LogP contribution < -0.4 is 10.1 Å². The smallest absolute Gasteiger partial charge is 0.165 e. The number of hydrogen-bond donors (Lipinski definition) is 2. The summed E-state index contributed by atoms with van der Waals surface area (Å²) in [6.45, 7) is 3.75. The molecule has 0 bridgehead atoms. The largest absolute Gasteiger partial charge is 0.486 e. The number of nitrogens with one attached hydrogen (secondary N) is 2. The van der Waals surface area contributed by atoms with Gasteiger partial charge in [0.2, 0.25) is 0 Å². The van der Waals surface area contributed by atoms with Crippen LogP contribution in [-0.4, -0.2) is 11.9 Å². The van der Waals surface area contributed by atoms with Crippen molar-refractivity contribution in [2.45, 2.75) is 26.5 Å². The Balaban J connectivity index is 0.00000264. The lowest BCUT2D eigenvalue weighted by Gasteiger charge is -2.13. The van der Waals surface area contributed by atoms with E-state index in [4.69, 9.17) is 10.1 Å². The third-order valence-electron chi connectivity index (χ3n) is 2.99. The topological polar surface area (TPSA) is 45.1 Å². The van der Waals surface area contributed by atoms with Crippen LogP contribution in [0.2, 0.25) is 0 Å². The maximum absolute atomic E-state index is 14.0. The first-order chi connectivity index (χ1) is 10.5. The lowest BCUT2D eigenvalue weighted by atomic mass is 10.1. The molecule has 2 rings (SSSR count). The summed E-state index contributed by atoms with van der Waals surface area (Å²) >= 11 is 0. The molecule has 2 aromatic carbocycles. The van der Waals surface area contributed by atoms with Crippen LogP contribution in [0.3, 0.4) is 0 Å². The number of rotatable bonds is 5. The first kappa shape index (κ1) is 22.2. The van der Waals surface area contributed by atoms with E-state index in [1.165, 1.54) is 18.2 Å². The van der Waals surface area contributed by atoms with Crippen molar-refractivity contribution in [1.29, 1.82) is 5.41 Å². The molecule has 0 saturated carbocycles. The fourth-order valence-corrected chi connectivity index (χ4v) is 1.92. The number of hydrogen-bond acceptors (Lipinski definition) is 2. The normalized spacial score (nSPS) is 9.71. The Kier molecular flexibility index (Phi) is 9.33. The second kappa shape index (κ2) is 10.1. The predicted octanol–water partition coefficient (Wildman–Crippen LogP) is 4.71. The van der Waals surface area contributed by atoms with Crippen molar-refractivity contribution in [1.82, 2.24) is 5.32 Å². The fraction of sp³-hybridized carbons (Fsp3) is 0.235. The molecule has 0 aromatic heterocycles. The molecule has 7 heteroatoms. The quantitative estimate of drug-likeness (QED) is 0.586. The van der Waals surface area contributed by atoms with Crippen molar-refractivity contribution in [2.75, 3.05) is 0 Å². The highest BCUT2D eigenvalue weighted by Crippen LogP contribution is 2.20. The predicted molar refractivity (Wildman–Crippen MR) is 96.7 cm³/mol. The second-order valence-corrected chi connectivity index (χ2v) is 5.20. The van der Waals surface area contributed by atoms with Gasteiger partial charge in [0.25, 0.3) is 0 Å². The summed E-state index contributed by atoms with van der Waals surface area (Å²) in [6, 6.07) is 10.6. The summed E-state index contributed by atoms with van der Waals surface area (Å²) in [6.07, 6.45) is 0. The van der Waals surface area contributed by atoms with Gasteiger partial charge in [-0.3, -0.25) is 5.41 Å². The molecule has 0 amide bonds. The lowest BCUT2D eigenvalue weighted by Crippen LogP contribution is -2.30. The Hall–Kier alpha value is -1.85. The van der Waals surface area contributed by atoms with Gasteiger partial charge in [-0.25, -0.2) is 8.78 Å². The standard InChI is InChI=1S/C17H18F2N2O.2ClH/c1-11(2)21-17(20)12-7-8-16(15(19)9-12)22-10-13-5-3-4-6-14(13)18;;/h3-9,11H,10H2,1-2H3,(H2,20,21);2*1H. The molecule has 0 aliphatic rings. The molecule has 0 aliphatic heterocycles. The van der Waals surface area contributed by atoms with Gasteiger partial charge < -0.3 is 10.1 Å². The zero-order chi connectivity index (χ0) is 16.1. The molecule has 24 heavy (non-hydrogen) atoms. The molecule has 3 nitrogen and oxygen atoms in total. The van der Waals surface area contributed by atoms with E-state index in [1.54, 1.807) is 24.3 Å². The third kappa shape index (κ3) is 5.98. The van der Waals surface area contributed by atoms with E-state index in [1.807, 2.05) is 13.8 Å². The van der Waals surface area contributed by atoms with E-state index in [0.717, 1.165) is 0 Å². The number of amidine groups is 1. The third-order valence-corrected chi connectivity index (χ3v) is 2.99. The van der Waals surface area contributed by atoms with Crippen molar-refractivity contribution in [3.05, 3.63) is 65.2 Å². The van der Waals surface area contributed by atoms with Gasteiger partial charge in [0.15, 0.2) is 11.6 Å². The molecular weight excluding hydrogens is 357 g/mol. The Morgan fingerprint density at radius 2 is 1.75 bits per heavy atom. The van der Waals surface area contributed by atoms with Gasteiger partial charge in [0.05, 0.1) is 0 Å². The van der Waals surface area contributed by atoms with Crippen LogP contribution in [0.4, 0.5) is 8.78 Å². The van der Waals surface area contributed by atoms with Gasteiger partial charge in [-0.05, 0) is 38.1 Å². The molecule has 2 N–H and O–H groups in total. The van der Waals surface area contributed by atoms with Crippen molar-refractivity contribution in [3.63, 3.8) is 0 Å². The monoisotopic (exact) mass is 376 g/mol. The lowest BCUT2D eigenvalue weighted by molar-refractivity contribution is 0.285. The second-order valence-electron chi connectivity index (χ2n) is 5.20. The Bertz CT molecular complexity index is 681. The summed E-state index contributed by atoms with van der Waals surface area (Å²) in [7, 11) is 0. The van der Waals surface area contributed by atoms with Crippen LogP contribution in [0, 0.1) is 17.0 Å². The van der Waals surface area contributed by atoms with Gasteiger partial charge in [0, 0.05) is 17.2 Å². The van der Waals surface area contributed by atoms with E-state index in [2.05, 4.69) is 5.32 Å². The molecule has 0 saturated heterocycles. The average Bonchev–Trinajstić information content (AvgIpc) is 2.46. The highest BCUT2D eigenvalue weighted by atomic mass is 35.5. The Labute approximate surface area is 152 Å². The summed E-state index contributed by atoms with van der Waals surface area (Å²) in [5, 5.41) is 10.7. The highest BCUT2D eigenvalue weighted by molar-refractivity contribution is 5.96. The van der Waals surface area contributed by atoms with Gasteiger partial charge >= 0.3 is 0 Å². The van der Waals surface area contributed by atoms with Gasteiger partial charge in [-0.15, -0.1) is 24.8 Å². The minimum Gasteiger partial charge on any atom is -0.486 e. The molecule has 0 atom stereocenters. The molecule has 2 aromatic rings. The van der Waals surface area contributed by atoms with Gasteiger partial charge in [-0.1, -0.05) is 18.2 Å². The van der Waals surface area contributed by atoms with Crippen molar-refractivity contribution < 1.29 is 13.5 Å². The van der Waals surface area contributed by atoms with Gasteiger partial charge in [0.1, 0.15) is 18.3 Å². The van der Waals surface area contributed by atoms with E-state index in [0.29, 0.717) is 11.1 Å². The minimum absolute atomic E-state index is 0. The molecule has 0 radical (unpaired) electrons. The van der Waals surface area contributed by atoms with Crippen LogP contribution >= 0.6 is 24.8 Å². The van der Waals surface area contributed by atoms with Crippen LogP contribution in [0.1, 0.15) is 25.0 Å². The van der Waals surface area contributed by atoms with E-state index >= 15 is 0 Å². The fourth-order valence-electron chi connectivity index (χ4n) is 1.92. The van der Waals surface area contributed by atoms with Crippen molar-refractivity contribution >= 4 is 30.6 Å². The molecule has 0 fully saturated rings. The first-order valence-corrected chi connectivity index (χ1v) is 6.98.